The highest BCUT2D eigenvalue weighted by atomic mass is 32.1. The Bertz CT molecular complexity index is 693. The van der Waals surface area contributed by atoms with Gasteiger partial charge in [0, 0.05) is 17.0 Å². The van der Waals surface area contributed by atoms with Crippen LogP contribution in [-0.4, -0.2) is 15.9 Å². The normalized spacial score (nSPS) is 11.0. The Balaban J connectivity index is 2.49. The highest BCUT2D eigenvalue weighted by Gasteiger charge is 2.12. The van der Waals surface area contributed by atoms with Gasteiger partial charge in [0.1, 0.15) is 0 Å². The summed E-state index contributed by atoms with van der Waals surface area (Å²) in [6.45, 7) is 8.44. The molecule has 1 heterocycles. The summed E-state index contributed by atoms with van der Waals surface area (Å²) >= 11 is 4.73. The summed E-state index contributed by atoms with van der Waals surface area (Å²) in [5, 5.41) is 4.20. The number of hydrogen-bond acceptors (Lipinski definition) is 2. The number of rotatable bonds is 3. The molecule has 4 nitrogen and oxygen atoms in total. The number of nitrogens with one attached hydrogen (secondary N) is 1. The number of hydrogen-bond donors (Lipinski definition) is 2. The van der Waals surface area contributed by atoms with Crippen molar-refractivity contribution in [1.29, 1.82) is 0 Å². The largest absolute Gasteiger partial charge is 0.375 e. The van der Waals surface area contributed by atoms with Crippen molar-refractivity contribution in [2.24, 2.45) is 10.8 Å². The molecule has 0 amide bonds. The number of aromatic nitrogens is 1. The third kappa shape index (κ3) is 3.13. The highest BCUT2D eigenvalue weighted by Crippen LogP contribution is 2.25. The average molecular weight is 300 g/mol. The topological polar surface area (TPSA) is 55.3 Å². The average Bonchev–Trinajstić information content (AvgIpc) is 2.66. The van der Waals surface area contributed by atoms with Gasteiger partial charge in [-0.2, -0.15) is 5.10 Å². The van der Waals surface area contributed by atoms with Crippen LogP contribution in [0.25, 0.3) is 5.69 Å². The monoisotopic (exact) mass is 300 g/mol. The molecule has 21 heavy (non-hydrogen) atoms. The van der Waals surface area contributed by atoms with Crippen LogP contribution in [-0.2, 0) is 0 Å². The first-order valence-electron chi connectivity index (χ1n) is 6.76. The second kappa shape index (κ2) is 6.10. The molecule has 2 rings (SSSR count). The van der Waals surface area contributed by atoms with Crippen LogP contribution in [0.5, 0.6) is 0 Å². The van der Waals surface area contributed by atoms with Gasteiger partial charge in [-0.15, -0.1) is 0 Å². The van der Waals surface area contributed by atoms with Crippen LogP contribution in [0.2, 0.25) is 0 Å². The molecule has 0 aliphatic carbocycles. The SMILES string of the molecule is Cc1cccc(C)c1-n1c(C)cc(/C=N\NC(N)=S)c1C. The lowest BCUT2D eigenvalue weighted by molar-refractivity contribution is 0.942. The maximum atomic E-state index is 5.36. The Kier molecular flexibility index (Phi) is 4.43. The summed E-state index contributed by atoms with van der Waals surface area (Å²) in [6.07, 6.45) is 1.74. The van der Waals surface area contributed by atoms with Crippen LogP contribution in [0, 0.1) is 27.7 Å². The Morgan fingerprint density at radius 2 is 1.86 bits per heavy atom. The predicted molar refractivity (Wildman–Crippen MR) is 92.2 cm³/mol. The van der Waals surface area contributed by atoms with E-state index in [2.05, 4.69) is 67.1 Å². The Morgan fingerprint density at radius 3 is 2.43 bits per heavy atom. The van der Waals surface area contributed by atoms with E-state index in [-0.39, 0.29) is 5.11 Å². The van der Waals surface area contributed by atoms with Crippen molar-refractivity contribution in [3.05, 3.63) is 52.3 Å². The van der Waals surface area contributed by atoms with Gasteiger partial charge in [-0.1, -0.05) is 18.2 Å². The summed E-state index contributed by atoms with van der Waals surface area (Å²) in [6, 6.07) is 8.44. The maximum Gasteiger partial charge on any atom is 0.184 e. The third-order valence-corrected chi connectivity index (χ3v) is 3.60. The first kappa shape index (κ1) is 15.3. The number of nitrogens with zero attached hydrogens (tertiary/aromatic N) is 2. The lowest BCUT2D eigenvalue weighted by Gasteiger charge is -2.15. The number of para-hydroxylation sites is 1. The molecule has 2 aromatic rings. The number of nitrogens with two attached hydrogens (primary N) is 1. The summed E-state index contributed by atoms with van der Waals surface area (Å²) < 4.78 is 2.26. The number of benzene rings is 1. The van der Waals surface area contributed by atoms with Gasteiger partial charge in [-0.05, 0) is 57.1 Å². The fourth-order valence-electron chi connectivity index (χ4n) is 2.59. The van der Waals surface area contributed by atoms with Crippen molar-refractivity contribution >= 4 is 23.5 Å². The van der Waals surface area contributed by atoms with Gasteiger partial charge in [0.2, 0.25) is 0 Å². The standard InChI is InChI=1S/C16H20N4S/c1-10-6-5-7-11(2)15(10)20-12(3)8-14(13(20)4)9-18-19-16(17)21/h5-9H,1-4H3,(H3,17,19,21)/b18-9-. The summed E-state index contributed by atoms with van der Waals surface area (Å²) in [7, 11) is 0. The van der Waals surface area contributed by atoms with Crippen LogP contribution in [0.15, 0.2) is 29.4 Å². The van der Waals surface area contributed by atoms with Gasteiger partial charge in [0.15, 0.2) is 5.11 Å². The summed E-state index contributed by atoms with van der Waals surface area (Å²) in [4.78, 5) is 0. The van der Waals surface area contributed by atoms with Crippen LogP contribution in [0.4, 0.5) is 0 Å². The lowest BCUT2D eigenvalue weighted by atomic mass is 10.1. The first-order valence-corrected chi connectivity index (χ1v) is 7.16. The maximum absolute atomic E-state index is 5.36. The molecule has 1 aromatic heterocycles. The van der Waals surface area contributed by atoms with Crippen molar-refractivity contribution in [1.82, 2.24) is 9.99 Å². The van der Waals surface area contributed by atoms with Crippen LogP contribution in [0.3, 0.4) is 0 Å². The molecule has 0 aliphatic rings. The van der Waals surface area contributed by atoms with E-state index < -0.39 is 0 Å². The highest BCUT2D eigenvalue weighted by molar-refractivity contribution is 7.80. The zero-order chi connectivity index (χ0) is 15.6. The quantitative estimate of drug-likeness (QED) is 0.520. The number of hydrazone groups is 1. The zero-order valence-electron chi connectivity index (χ0n) is 12.8. The molecule has 3 N–H and O–H groups in total. The van der Waals surface area contributed by atoms with Crippen molar-refractivity contribution in [2.45, 2.75) is 27.7 Å². The second-order valence-electron chi connectivity index (χ2n) is 5.14. The molecular weight excluding hydrogens is 280 g/mol. The predicted octanol–water partition coefficient (Wildman–Crippen LogP) is 2.88. The van der Waals surface area contributed by atoms with E-state index in [0.29, 0.717) is 0 Å². The van der Waals surface area contributed by atoms with Gasteiger partial charge in [0.05, 0.1) is 11.9 Å². The van der Waals surface area contributed by atoms with E-state index in [9.17, 15) is 0 Å². The molecule has 0 bridgehead atoms. The van der Waals surface area contributed by atoms with Crippen molar-refractivity contribution in [2.75, 3.05) is 0 Å². The minimum absolute atomic E-state index is 0.162. The molecule has 0 radical (unpaired) electrons. The number of aryl methyl sites for hydroxylation is 3. The minimum atomic E-state index is 0.162. The van der Waals surface area contributed by atoms with E-state index in [1.54, 1.807) is 6.21 Å². The summed E-state index contributed by atoms with van der Waals surface area (Å²) in [5.74, 6) is 0. The van der Waals surface area contributed by atoms with Crippen molar-refractivity contribution in [3.8, 4) is 5.69 Å². The summed E-state index contributed by atoms with van der Waals surface area (Å²) in [5.41, 5.74) is 15.0. The van der Waals surface area contributed by atoms with E-state index in [1.807, 2.05) is 0 Å². The molecule has 0 unspecified atom stereocenters. The van der Waals surface area contributed by atoms with Gasteiger partial charge < -0.3 is 10.3 Å². The van der Waals surface area contributed by atoms with E-state index in [1.165, 1.54) is 22.5 Å². The van der Waals surface area contributed by atoms with Crippen LogP contribution in [0.1, 0.15) is 28.1 Å². The molecule has 0 fully saturated rings. The third-order valence-electron chi connectivity index (χ3n) is 3.51. The molecule has 1 aromatic carbocycles. The Morgan fingerprint density at radius 1 is 1.24 bits per heavy atom. The van der Waals surface area contributed by atoms with Gasteiger partial charge in [-0.25, -0.2) is 0 Å². The van der Waals surface area contributed by atoms with Crippen LogP contribution >= 0.6 is 12.2 Å². The van der Waals surface area contributed by atoms with Gasteiger partial charge in [0.25, 0.3) is 0 Å². The van der Waals surface area contributed by atoms with E-state index in [0.717, 1.165) is 11.3 Å². The Labute approximate surface area is 130 Å². The smallest absolute Gasteiger partial charge is 0.184 e. The van der Waals surface area contributed by atoms with E-state index >= 15 is 0 Å². The molecular formula is C16H20N4S. The Hall–Kier alpha value is -2.14. The van der Waals surface area contributed by atoms with Gasteiger partial charge in [-0.3, -0.25) is 5.43 Å². The zero-order valence-corrected chi connectivity index (χ0v) is 13.6. The molecule has 0 saturated carbocycles. The fourth-order valence-corrected chi connectivity index (χ4v) is 2.64. The van der Waals surface area contributed by atoms with Gasteiger partial charge >= 0.3 is 0 Å². The fraction of sp³-hybridized carbons (Fsp3) is 0.250. The van der Waals surface area contributed by atoms with E-state index in [4.69, 9.17) is 18.0 Å². The lowest BCUT2D eigenvalue weighted by Crippen LogP contribution is -2.24. The van der Waals surface area contributed by atoms with Crippen molar-refractivity contribution in [3.63, 3.8) is 0 Å². The first-order chi connectivity index (χ1) is 9.91. The van der Waals surface area contributed by atoms with Crippen molar-refractivity contribution < 1.29 is 0 Å². The molecule has 0 aliphatic heterocycles. The molecule has 5 heteroatoms. The molecule has 0 atom stereocenters. The second-order valence-corrected chi connectivity index (χ2v) is 5.58. The molecule has 0 spiro atoms. The van der Waals surface area contributed by atoms with Crippen LogP contribution < -0.4 is 11.2 Å². The minimum Gasteiger partial charge on any atom is -0.375 e. The molecule has 110 valence electrons. The molecule has 0 saturated heterocycles. The number of thiocarbonyl (C=S) groups is 1.